The number of aliphatic hydroxyl groups excluding tert-OH is 5. The number of thiophene rings is 1. The van der Waals surface area contributed by atoms with Crippen molar-refractivity contribution in [3.05, 3.63) is 102 Å². The van der Waals surface area contributed by atoms with E-state index in [9.17, 15) is 50.1 Å². The second kappa shape index (κ2) is 26.7. The number of benzene rings is 1. The van der Waals surface area contributed by atoms with Gasteiger partial charge in [0.25, 0.3) is 0 Å². The number of ether oxygens (including phenoxy) is 8. The molecule has 74 heavy (non-hydrogen) atoms. The molecule has 5 rings (SSSR count). The minimum atomic E-state index is -1.61. The molecule has 0 aliphatic carbocycles. The van der Waals surface area contributed by atoms with Crippen LogP contribution >= 0.6 is 34.5 Å². The number of hydrogen-bond donors (Lipinski definition) is 7. The summed E-state index contributed by atoms with van der Waals surface area (Å²) in [4.78, 5) is 40.6. The van der Waals surface area contributed by atoms with Crippen LogP contribution in [0.15, 0.2) is 75.6 Å². The summed E-state index contributed by atoms with van der Waals surface area (Å²) < 4.78 is 47.7. The Bertz CT molecular complexity index is 2430. The maximum absolute atomic E-state index is 14.0. The number of esters is 3. The van der Waals surface area contributed by atoms with E-state index in [2.05, 4.69) is 0 Å². The Morgan fingerprint density at radius 2 is 1.62 bits per heavy atom. The van der Waals surface area contributed by atoms with Crippen LogP contribution in [0.5, 0.6) is 11.5 Å². The van der Waals surface area contributed by atoms with Crippen LogP contribution < -0.4 is 0 Å². The fourth-order valence-electron chi connectivity index (χ4n) is 8.82. The van der Waals surface area contributed by atoms with Crippen molar-refractivity contribution in [2.45, 2.75) is 173 Å². The van der Waals surface area contributed by atoms with Crippen LogP contribution in [0, 0.1) is 5.92 Å². The molecule has 2 aromatic rings. The number of aliphatic hydroxyl groups is 5. The maximum atomic E-state index is 14.0. The van der Waals surface area contributed by atoms with E-state index in [1.54, 1.807) is 56.7 Å². The van der Waals surface area contributed by atoms with Gasteiger partial charge in [-0.25, -0.2) is 14.4 Å². The Balaban J connectivity index is 1.39. The average Bonchev–Trinajstić information content (AvgIpc) is 3.90. The smallest absolute Gasteiger partial charge is 0.342 e. The highest BCUT2D eigenvalue weighted by atomic mass is 35.5. The number of carbonyl (C=O) groups excluding carboxylic acids is 3. The molecule has 0 radical (unpaired) electrons. The van der Waals surface area contributed by atoms with Crippen molar-refractivity contribution in [3.63, 3.8) is 0 Å². The van der Waals surface area contributed by atoms with Crippen molar-refractivity contribution in [1.29, 1.82) is 0 Å². The fourth-order valence-corrected chi connectivity index (χ4v) is 10.0. The molecule has 0 amide bonds. The molecule has 4 heterocycles. The second-order valence-electron chi connectivity index (χ2n) is 19.2. The molecule has 7 N–H and O–H groups in total. The minimum Gasteiger partial charge on any atom is -0.505 e. The normalized spacial score (nSPS) is 34.1. The van der Waals surface area contributed by atoms with Gasteiger partial charge in [0.1, 0.15) is 41.1 Å². The quantitative estimate of drug-likeness (QED) is 0.0607. The van der Waals surface area contributed by atoms with Gasteiger partial charge in [-0.2, -0.15) is 11.3 Å². The molecule has 0 unspecified atom stereocenters. The predicted octanol–water partition coefficient (Wildman–Crippen LogP) is 6.95. The van der Waals surface area contributed by atoms with Gasteiger partial charge in [-0.3, -0.25) is 0 Å². The largest absolute Gasteiger partial charge is 0.505 e. The maximum Gasteiger partial charge on any atom is 0.342 e. The van der Waals surface area contributed by atoms with Gasteiger partial charge in [-0.15, -0.1) is 0 Å². The summed E-state index contributed by atoms with van der Waals surface area (Å²) in [6, 6.07) is 1.58. The Morgan fingerprint density at radius 3 is 2.24 bits per heavy atom. The van der Waals surface area contributed by atoms with E-state index in [1.807, 2.05) is 32.9 Å². The Morgan fingerprint density at radius 1 is 0.932 bits per heavy atom. The van der Waals surface area contributed by atoms with Crippen LogP contribution in [0.4, 0.5) is 0 Å². The number of hydrogen-bond acceptors (Lipinski definition) is 19. The third-order valence-electron chi connectivity index (χ3n) is 13.3. The lowest BCUT2D eigenvalue weighted by Gasteiger charge is -2.47. The average molecular weight is 1100 g/mol. The van der Waals surface area contributed by atoms with E-state index < -0.39 is 138 Å². The topological polar surface area (TPSA) is 267 Å². The summed E-state index contributed by atoms with van der Waals surface area (Å²) in [6.07, 6.45) is -5.67. The molecule has 0 spiro atoms. The lowest BCUT2D eigenvalue weighted by atomic mass is 9.88. The van der Waals surface area contributed by atoms with Gasteiger partial charge >= 0.3 is 17.9 Å². The number of carbonyl (C=O) groups is 3. The van der Waals surface area contributed by atoms with Gasteiger partial charge in [0.15, 0.2) is 36.3 Å². The lowest BCUT2D eigenvalue weighted by Crippen LogP contribution is -2.64. The van der Waals surface area contributed by atoms with Crippen LogP contribution in [0.1, 0.15) is 108 Å². The molecule has 3 aliphatic heterocycles. The third-order valence-corrected chi connectivity index (χ3v) is 14.7. The molecule has 21 heteroatoms. The van der Waals surface area contributed by atoms with Gasteiger partial charge < -0.3 is 73.6 Å². The van der Waals surface area contributed by atoms with Crippen molar-refractivity contribution in [1.82, 2.24) is 0 Å². The first kappa shape index (κ1) is 60.7. The van der Waals surface area contributed by atoms with Crippen molar-refractivity contribution in [2.24, 2.45) is 5.92 Å². The van der Waals surface area contributed by atoms with Crippen molar-refractivity contribution >= 4 is 52.4 Å². The molecule has 2 saturated heterocycles. The van der Waals surface area contributed by atoms with Crippen molar-refractivity contribution < 1.29 is 88.0 Å². The molecule has 1 aromatic heterocycles. The van der Waals surface area contributed by atoms with Gasteiger partial charge in [-0.05, 0) is 102 Å². The molecule has 1 aromatic carbocycles. The van der Waals surface area contributed by atoms with Gasteiger partial charge in [0.2, 0.25) is 0 Å². The first-order valence-corrected chi connectivity index (χ1v) is 26.1. The van der Waals surface area contributed by atoms with E-state index >= 15 is 0 Å². The lowest BCUT2D eigenvalue weighted by molar-refractivity contribution is -0.330. The highest BCUT2D eigenvalue weighted by Crippen LogP contribution is 2.45. The number of methoxy groups -OCH3 is 1. The first-order valence-electron chi connectivity index (χ1n) is 24.4. The highest BCUT2D eigenvalue weighted by Gasteiger charge is 2.53. The summed E-state index contributed by atoms with van der Waals surface area (Å²) in [6.45, 7) is 14.7. The molecular formula is C53H70Cl2O18S. The monoisotopic (exact) mass is 1100 g/mol. The molecule has 3 aliphatic rings. The summed E-state index contributed by atoms with van der Waals surface area (Å²) in [7, 11) is 1.26. The summed E-state index contributed by atoms with van der Waals surface area (Å²) in [5.74, 6) is -4.49. The number of allylic oxidation sites excluding steroid dienone is 4. The molecule has 410 valence electrons. The van der Waals surface area contributed by atoms with Gasteiger partial charge in [-0.1, -0.05) is 73.0 Å². The number of phenolic OH excluding ortho intramolecular Hbond substituents is 2. The Kier molecular flexibility index (Phi) is 21.9. The Labute approximate surface area is 445 Å². The highest BCUT2D eigenvalue weighted by molar-refractivity contribution is 7.08. The van der Waals surface area contributed by atoms with E-state index in [-0.39, 0.29) is 41.0 Å². The predicted molar refractivity (Wildman–Crippen MR) is 274 cm³/mol. The Hall–Kier alpha value is -4.19. The second-order valence-corrected chi connectivity index (χ2v) is 20.7. The molecule has 0 saturated carbocycles. The third kappa shape index (κ3) is 14.4. The molecule has 14 atom stereocenters. The SMILES string of the molecule is CCc1c(Cl)c(O)c(Cl)c(O)c1C(=O)O[C@H]1[C@H](O)[C@H](OC)[C@H](OC/C2=C\C=C\C[C@H](O)/C(C)=C/[C@H](CC)[C@@H](O[C@@H]3OC(C)(C)[C@@H](O)[C@H](OC(=O)c4ccsc4)[C@@H]3O)/C(C)=C/C(C)=C/C[C@@H]([C@@H](C)O)OC2=O)O[C@@H]1C. The van der Waals surface area contributed by atoms with Crippen LogP contribution in [0.25, 0.3) is 0 Å². The molecule has 18 nitrogen and oxygen atoms in total. The van der Waals surface area contributed by atoms with E-state index in [1.165, 1.54) is 44.4 Å². The summed E-state index contributed by atoms with van der Waals surface area (Å²) in [5, 5.41) is 80.1. The van der Waals surface area contributed by atoms with Gasteiger partial charge in [0.05, 0.1) is 52.8 Å². The zero-order valence-electron chi connectivity index (χ0n) is 43.1. The van der Waals surface area contributed by atoms with E-state index in [4.69, 9.17) is 61.1 Å². The van der Waals surface area contributed by atoms with E-state index in [0.29, 0.717) is 23.1 Å². The van der Waals surface area contributed by atoms with E-state index in [0.717, 1.165) is 0 Å². The number of aromatic hydroxyl groups is 2. The zero-order valence-corrected chi connectivity index (χ0v) is 45.4. The number of rotatable bonds is 13. The van der Waals surface area contributed by atoms with Crippen LogP contribution in [0.2, 0.25) is 10.0 Å². The minimum absolute atomic E-state index is 0.0404. The summed E-state index contributed by atoms with van der Waals surface area (Å²) >= 11 is 13.6. The first-order chi connectivity index (χ1) is 34.9. The van der Waals surface area contributed by atoms with Crippen molar-refractivity contribution in [2.75, 3.05) is 13.7 Å². The number of phenols is 2. The zero-order chi connectivity index (χ0) is 54.9. The standard InChI is InChI=1S/C53H70Cl2O18S/c1-11-30-22-26(4)34(57)16-14-13-15-31(23-67-52-46(66-10)41(60)44(29(7)68-52)70-50(65)36-33(12-2)37(54)40(59)38(55)39(36)58)48(63)69-35(28(6)56)18-17-25(3)21-27(5)43(30)72-51-42(61)45(47(62)53(8,9)73-51)71-49(64)32-19-20-74-24-32/h13-15,17,19-22,24,28-30,34-35,41-47,51-52,56-62H,11-12,16,18,23H2,1-10H3/b14-13+,25-17+,26-22+,27-21+,31-15+/t28-,29-,30+,34+,35+,41+,42+,43+,44-,45-,46+,47+,51-,52-/m1/s1. The van der Waals surface area contributed by atoms with Crippen LogP contribution in [-0.4, -0.2) is 153 Å². The molecule has 0 bridgehead atoms. The number of cyclic esters (lactones) is 1. The number of halogens is 2. The fraction of sp³-hybridized carbons (Fsp3) is 0.566. The van der Waals surface area contributed by atoms with Crippen LogP contribution in [-0.2, 0) is 49.1 Å². The molecular weight excluding hydrogens is 1030 g/mol. The summed E-state index contributed by atoms with van der Waals surface area (Å²) in [5.41, 5.74) is 0.494. The van der Waals surface area contributed by atoms with Crippen molar-refractivity contribution in [3.8, 4) is 11.5 Å². The van der Waals surface area contributed by atoms with Crippen LogP contribution in [0.3, 0.4) is 0 Å². The molecule has 2 fully saturated rings. The van der Waals surface area contributed by atoms with Gasteiger partial charge in [0, 0.05) is 24.8 Å².